The summed E-state index contributed by atoms with van der Waals surface area (Å²) < 4.78 is 0. The van der Waals surface area contributed by atoms with Crippen molar-refractivity contribution in [1.29, 1.82) is 0 Å². The summed E-state index contributed by atoms with van der Waals surface area (Å²) in [6, 6.07) is 7.09. The van der Waals surface area contributed by atoms with Gasteiger partial charge in [0.05, 0.1) is 11.0 Å². The number of piperidine rings is 1. The molecule has 2 atom stereocenters. The van der Waals surface area contributed by atoms with E-state index in [1.54, 1.807) is 18.8 Å². The molecule has 3 amide bonds. The molecule has 3 aliphatic rings. The van der Waals surface area contributed by atoms with Gasteiger partial charge in [-0.3, -0.25) is 10.1 Å². The first-order valence-electron chi connectivity index (χ1n) is 10.4. The topological polar surface area (TPSA) is 96.9 Å². The maximum absolute atomic E-state index is 12.7. The van der Waals surface area contributed by atoms with Crippen molar-refractivity contribution in [3.05, 3.63) is 24.3 Å². The minimum Gasteiger partial charge on any atom is -0.343 e. The molecule has 158 valence electrons. The highest BCUT2D eigenvalue weighted by molar-refractivity contribution is 7.99. The van der Waals surface area contributed by atoms with E-state index in [9.17, 15) is 9.59 Å². The molecule has 2 fully saturated rings. The molecule has 2 unspecified atom stereocenters. The average Bonchev–Trinajstić information content (AvgIpc) is 3.34. The minimum absolute atomic E-state index is 0.271. The van der Waals surface area contributed by atoms with Crippen LogP contribution in [0.2, 0.25) is 0 Å². The van der Waals surface area contributed by atoms with Gasteiger partial charge in [0.1, 0.15) is 0 Å². The van der Waals surface area contributed by atoms with E-state index < -0.39 is 12.2 Å². The fourth-order valence-electron chi connectivity index (χ4n) is 4.35. The lowest BCUT2D eigenvalue weighted by atomic mass is 10.1. The summed E-state index contributed by atoms with van der Waals surface area (Å²) in [4.78, 5) is 43.5. The Hall–Kier alpha value is -2.75. The van der Waals surface area contributed by atoms with E-state index in [-0.39, 0.29) is 11.9 Å². The number of amides is 3. The van der Waals surface area contributed by atoms with Crippen molar-refractivity contribution < 1.29 is 9.59 Å². The number of urea groups is 1. The number of nitrogens with zero attached hydrogens (tertiary/aromatic N) is 5. The quantitative estimate of drug-likeness (QED) is 0.721. The molecular weight excluding hydrogens is 402 g/mol. The normalized spacial score (nSPS) is 24.3. The summed E-state index contributed by atoms with van der Waals surface area (Å²) in [7, 11) is 1.70. The summed E-state index contributed by atoms with van der Waals surface area (Å²) in [5, 5.41) is 3.33. The molecule has 0 aliphatic carbocycles. The first kappa shape index (κ1) is 19.2. The summed E-state index contributed by atoms with van der Waals surface area (Å²) in [6.07, 6.45) is 2.99. The molecule has 4 heterocycles. The van der Waals surface area contributed by atoms with Gasteiger partial charge in [0, 0.05) is 32.4 Å². The molecule has 1 aromatic carbocycles. The van der Waals surface area contributed by atoms with Crippen LogP contribution in [-0.2, 0) is 4.79 Å². The SMILES string of the molecule is CN1C(=O)NC(=O)C2C1N=C(N1CCCCC1)N2CCSc1nc2ccccc2[nH]1. The van der Waals surface area contributed by atoms with Crippen molar-refractivity contribution in [2.45, 2.75) is 36.6 Å². The van der Waals surface area contributed by atoms with E-state index in [1.165, 1.54) is 11.3 Å². The Morgan fingerprint density at radius 3 is 2.77 bits per heavy atom. The maximum atomic E-state index is 12.7. The second-order valence-corrected chi connectivity index (χ2v) is 8.93. The summed E-state index contributed by atoms with van der Waals surface area (Å²) in [5.74, 6) is 1.32. The number of aromatic amines is 1. The fraction of sp³-hybridized carbons (Fsp3) is 0.500. The number of likely N-dealkylation sites (tertiary alicyclic amines) is 1. The number of aliphatic imine (C=N–C) groups is 1. The largest absolute Gasteiger partial charge is 0.343 e. The van der Waals surface area contributed by atoms with E-state index in [0.717, 1.165) is 53.8 Å². The third-order valence-corrected chi connectivity index (χ3v) is 6.77. The van der Waals surface area contributed by atoms with Crippen LogP contribution in [0.25, 0.3) is 11.0 Å². The van der Waals surface area contributed by atoms with Crippen molar-refractivity contribution in [1.82, 2.24) is 30.0 Å². The summed E-state index contributed by atoms with van der Waals surface area (Å²) in [6.45, 7) is 2.52. The predicted octanol–water partition coefficient (Wildman–Crippen LogP) is 1.69. The fourth-order valence-corrected chi connectivity index (χ4v) is 5.17. The summed E-state index contributed by atoms with van der Waals surface area (Å²) in [5.41, 5.74) is 1.97. The van der Waals surface area contributed by atoms with Gasteiger partial charge in [-0.05, 0) is 31.4 Å². The zero-order valence-corrected chi connectivity index (χ0v) is 17.7. The third kappa shape index (κ3) is 3.38. The smallest absolute Gasteiger partial charge is 0.325 e. The molecule has 2 saturated heterocycles. The molecular formula is C20H25N7O2S. The molecule has 9 nitrogen and oxygen atoms in total. The lowest BCUT2D eigenvalue weighted by molar-refractivity contribution is -0.127. The maximum Gasteiger partial charge on any atom is 0.325 e. The zero-order valence-electron chi connectivity index (χ0n) is 16.9. The number of thioether (sulfide) groups is 1. The van der Waals surface area contributed by atoms with E-state index in [1.807, 2.05) is 24.3 Å². The molecule has 2 N–H and O–H groups in total. The molecule has 0 saturated carbocycles. The van der Waals surface area contributed by atoms with Gasteiger partial charge in [0.25, 0.3) is 5.91 Å². The minimum atomic E-state index is -0.485. The number of benzene rings is 1. The standard InChI is InChI=1S/C20H25N7O2S/c1-25-16-15(17(28)24-20(25)29)27(19(23-16)26-9-5-2-6-10-26)11-12-30-18-21-13-7-3-4-8-14(13)22-18/h3-4,7-8,15-16H,2,5-6,9-12H2,1H3,(H,21,22)(H,24,28,29). The van der Waals surface area contributed by atoms with Gasteiger partial charge < -0.3 is 19.7 Å². The van der Waals surface area contributed by atoms with Crippen molar-refractivity contribution in [2.75, 3.05) is 32.4 Å². The number of para-hydroxylation sites is 2. The molecule has 0 bridgehead atoms. The predicted molar refractivity (Wildman–Crippen MR) is 115 cm³/mol. The highest BCUT2D eigenvalue weighted by Gasteiger charge is 2.49. The average molecular weight is 428 g/mol. The second kappa shape index (κ2) is 7.82. The van der Waals surface area contributed by atoms with Crippen LogP contribution in [0.15, 0.2) is 34.4 Å². The highest BCUT2D eigenvalue weighted by atomic mass is 32.2. The zero-order chi connectivity index (χ0) is 20.7. The number of nitrogens with one attached hydrogen (secondary N) is 2. The van der Waals surface area contributed by atoms with Crippen molar-refractivity contribution in [3.63, 3.8) is 0 Å². The lowest BCUT2D eigenvalue weighted by Crippen LogP contribution is -2.64. The summed E-state index contributed by atoms with van der Waals surface area (Å²) >= 11 is 1.63. The van der Waals surface area contributed by atoms with Crippen molar-refractivity contribution in [3.8, 4) is 0 Å². The highest BCUT2D eigenvalue weighted by Crippen LogP contribution is 2.28. The second-order valence-electron chi connectivity index (χ2n) is 7.84. The van der Waals surface area contributed by atoms with Gasteiger partial charge in [-0.1, -0.05) is 23.9 Å². The number of guanidine groups is 1. The first-order chi connectivity index (χ1) is 14.6. The van der Waals surface area contributed by atoms with E-state index in [4.69, 9.17) is 4.99 Å². The molecule has 2 aromatic rings. The van der Waals surface area contributed by atoms with Gasteiger partial charge in [0.2, 0.25) is 0 Å². The molecule has 1 aromatic heterocycles. The number of hydrogen-bond donors (Lipinski definition) is 2. The van der Waals surface area contributed by atoms with Gasteiger partial charge >= 0.3 is 6.03 Å². The van der Waals surface area contributed by atoms with Crippen molar-refractivity contribution in [2.24, 2.45) is 4.99 Å². The van der Waals surface area contributed by atoms with Crippen LogP contribution in [0.4, 0.5) is 4.79 Å². The molecule has 10 heteroatoms. The molecule has 5 rings (SSSR count). The number of fused-ring (bicyclic) bond motifs is 2. The Morgan fingerprint density at radius 2 is 1.97 bits per heavy atom. The number of hydrogen-bond acceptors (Lipinski definition) is 7. The van der Waals surface area contributed by atoms with Crippen LogP contribution in [0.5, 0.6) is 0 Å². The van der Waals surface area contributed by atoms with Gasteiger partial charge in [-0.15, -0.1) is 0 Å². The Balaban J connectivity index is 1.34. The number of imide groups is 1. The van der Waals surface area contributed by atoms with Crippen molar-refractivity contribution >= 4 is 40.7 Å². The number of likely N-dealkylation sites (N-methyl/N-ethyl adjacent to an activating group) is 1. The van der Waals surface area contributed by atoms with Crippen LogP contribution in [0, 0.1) is 0 Å². The Morgan fingerprint density at radius 1 is 1.17 bits per heavy atom. The number of H-pyrrole nitrogens is 1. The van der Waals surface area contributed by atoms with Crippen LogP contribution in [0.3, 0.4) is 0 Å². The molecule has 0 spiro atoms. The lowest BCUT2D eigenvalue weighted by Gasteiger charge is -2.38. The first-order valence-corrected chi connectivity index (χ1v) is 11.3. The van der Waals surface area contributed by atoms with E-state index in [2.05, 4.69) is 25.1 Å². The molecule has 30 heavy (non-hydrogen) atoms. The van der Waals surface area contributed by atoms with Crippen LogP contribution < -0.4 is 5.32 Å². The Labute approximate surface area is 178 Å². The monoisotopic (exact) mass is 427 g/mol. The molecule has 3 aliphatic heterocycles. The van der Waals surface area contributed by atoms with Crippen LogP contribution in [0.1, 0.15) is 19.3 Å². The number of carbonyl (C=O) groups is 2. The van der Waals surface area contributed by atoms with Gasteiger partial charge in [-0.25, -0.2) is 14.8 Å². The number of carbonyl (C=O) groups excluding carboxylic acids is 2. The molecule has 0 radical (unpaired) electrons. The van der Waals surface area contributed by atoms with E-state index in [0.29, 0.717) is 6.54 Å². The van der Waals surface area contributed by atoms with Gasteiger partial charge in [-0.2, -0.15) is 0 Å². The van der Waals surface area contributed by atoms with Crippen LogP contribution in [-0.4, -0.2) is 87.2 Å². The van der Waals surface area contributed by atoms with Crippen LogP contribution >= 0.6 is 11.8 Å². The van der Waals surface area contributed by atoms with E-state index >= 15 is 0 Å². The Kier molecular flexibility index (Phi) is 5.01. The third-order valence-electron chi connectivity index (χ3n) is 5.92. The van der Waals surface area contributed by atoms with Gasteiger partial charge in [0.15, 0.2) is 23.3 Å². The number of rotatable bonds is 4. The number of aromatic nitrogens is 2. The number of imidazole rings is 1. The Bertz CT molecular complexity index is 967.